The maximum Gasteiger partial charge on any atom is 0.227 e. The average Bonchev–Trinajstić information content (AvgIpc) is 3.98. The summed E-state index contributed by atoms with van der Waals surface area (Å²) in [7, 11) is 0. The Bertz CT molecular complexity index is 3230. The quantitative estimate of drug-likeness (QED) is 0.185. The molecule has 7 aromatic carbocycles. The summed E-state index contributed by atoms with van der Waals surface area (Å²) in [5, 5.41) is 4.76. The monoisotopic (exact) mass is 690 g/mol. The fraction of sp³-hybridized carbons (Fsp3) is 0.0204. The van der Waals surface area contributed by atoms with Crippen molar-refractivity contribution < 1.29 is 4.42 Å². The first-order valence-electron chi connectivity index (χ1n) is 18.4. The minimum Gasteiger partial charge on any atom is -0.436 e. The number of aromatic nitrogens is 4. The van der Waals surface area contributed by atoms with Crippen LogP contribution in [0.15, 0.2) is 180 Å². The average molecular weight is 691 g/mol. The number of oxazole rings is 1. The van der Waals surface area contributed by atoms with Crippen molar-refractivity contribution >= 4 is 54.7 Å². The fourth-order valence-electron chi connectivity index (χ4n) is 8.97. The van der Waals surface area contributed by atoms with Gasteiger partial charge in [-0.25, -0.2) is 9.97 Å². The summed E-state index contributed by atoms with van der Waals surface area (Å²) >= 11 is 0. The Labute approximate surface area is 310 Å². The summed E-state index contributed by atoms with van der Waals surface area (Å²) in [5.41, 5.74) is 14.6. The second kappa shape index (κ2) is 11.1. The van der Waals surface area contributed by atoms with Crippen LogP contribution in [-0.4, -0.2) is 19.1 Å². The minimum absolute atomic E-state index is 0.135. The van der Waals surface area contributed by atoms with Crippen molar-refractivity contribution in [1.82, 2.24) is 19.1 Å². The highest BCUT2D eigenvalue weighted by atomic mass is 16.3. The van der Waals surface area contributed by atoms with E-state index in [0.29, 0.717) is 5.89 Å². The van der Waals surface area contributed by atoms with E-state index in [1.807, 2.05) is 30.5 Å². The van der Waals surface area contributed by atoms with Crippen LogP contribution in [0.4, 0.5) is 0 Å². The van der Waals surface area contributed by atoms with Gasteiger partial charge in [-0.05, 0) is 88.5 Å². The summed E-state index contributed by atoms with van der Waals surface area (Å²) in [6.07, 6.45) is 1.97. The summed E-state index contributed by atoms with van der Waals surface area (Å²) in [4.78, 5) is 9.89. The number of benzene rings is 7. The van der Waals surface area contributed by atoms with Crippen LogP contribution in [0.2, 0.25) is 0 Å². The smallest absolute Gasteiger partial charge is 0.227 e. The van der Waals surface area contributed by atoms with E-state index in [1.54, 1.807) is 0 Å². The van der Waals surface area contributed by atoms with Gasteiger partial charge in [0, 0.05) is 44.9 Å². The van der Waals surface area contributed by atoms with Crippen molar-refractivity contribution in [2.75, 3.05) is 0 Å². The highest BCUT2D eigenvalue weighted by Crippen LogP contribution is 2.48. The zero-order valence-corrected chi connectivity index (χ0v) is 29.0. The molecule has 0 amide bonds. The highest BCUT2D eigenvalue weighted by Gasteiger charge is 2.30. The van der Waals surface area contributed by atoms with Gasteiger partial charge in [-0.2, -0.15) is 0 Å². The van der Waals surface area contributed by atoms with Gasteiger partial charge in [-0.3, -0.25) is 4.57 Å². The van der Waals surface area contributed by atoms with E-state index in [0.717, 1.165) is 50.2 Å². The number of hydrogen-bond acceptors (Lipinski definition) is 3. The van der Waals surface area contributed by atoms with Crippen LogP contribution in [0.5, 0.6) is 0 Å². The summed E-state index contributed by atoms with van der Waals surface area (Å²) in [5.74, 6) is 1.65. The molecule has 0 radical (unpaired) electrons. The Morgan fingerprint density at radius 1 is 0.481 bits per heavy atom. The van der Waals surface area contributed by atoms with Crippen LogP contribution in [0.25, 0.3) is 88.8 Å². The normalized spacial score (nSPS) is 12.7. The Balaban J connectivity index is 1.08. The third-order valence-electron chi connectivity index (χ3n) is 11.3. The lowest BCUT2D eigenvalue weighted by atomic mass is 9.90. The van der Waals surface area contributed by atoms with Gasteiger partial charge in [0.2, 0.25) is 5.89 Å². The zero-order valence-electron chi connectivity index (χ0n) is 29.0. The third kappa shape index (κ3) is 4.15. The van der Waals surface area contributed by atoms with Crippen LogP contribution in [-0.2, 0) is 0 Å². The molecule has 0 aliphatic heterocycles. The topological polar surface area (TPSA) is 48.8 Å². The first kappa shape index (κ1) is 29.3. The van der Waals surface area contributed by atoms with Crippen molar-refractivity contribution in [2.45, 2.75) is 5.92 Å². The van der Waals surface area contributed by atoms with E-state index in [2.05, 4.69) is 155 Å². The molecule has 4 aromatic heterocycles. The van der Waals surface area contributed by atoms with E-state index >= 15 is 0 Å². The number of para-hydroxylation sites is 4. The molecule has 1 aliphatic carbocycles. The van der Waals surface area contributed by atoms with E-state index in [9.17, 15) is 0 Å². The van der Waals surface area contributed by atoms with Crippen molar-refractivity contribution in [2.24, 2.45) is 0 Å². The largest absolute Gasteiger partial charge is 0.436 e. The van der Waals surface area contributed by atoms with Gasteiger partial charge >= 0.3 is 0 Å². The molecule has 12 rings (SSSR count). The van der Waals surface area contributed by atoms with E-state index in [-0.39, 0.29) is 5.92 Å². The maximum atomic E-state index is 6.23. The first-order chi connectivity index (χ1) is 26.8. The number of rotatable bonds is 4. The predicted octanol–water partition coefficient (Wildman–Crippen LogP) is 12.2. The summed E-state index contributed by atoms with van der Waals surface area (Å²) < 4.78 is 10.9. The number of pyridine rings is 1. The van der Waals surface area contributed by atoms with Gasteiger partial charge in [0.25, 0.3) is 0 Å². The van der Waals surface area contributed by atoms with Crippen molar-refractivity contribution in [3.8, 4) is 34.1 Å². The molecule has 0 fully saturated rings. The summed E-state index contributed by atoms with van der Waals surface area (Å²) in [6.45, 7) is 0. The molecule has 0 N–H and O–H groups in total. The number of fused-ring (bicyclic) bond motifs is 10. The molecule has 1 aliphatic rings. The molecule has 4 heterocycles. The predicted molar refractivity (Wildman–Crippen MR) is 219 cm³/mol. The Morgan fingerprint density at radius 3 is 1.85 bits per heavy atom. The lowest BCUT2D eigenvalue weighted by Crippen LogP contribution is -2.03. The molecule has 11 aromatic rings. The molecule has 54 heavy (non-hydrogen) atoms. The van der Waals surface area contributed by atoms with Gasteiger partial charge in [-0.15, -0.1) is 0 Å². The fourth-order valence-corrected chi connectivity index (χ4v) is 8.97. The Morgan fingerprint density at radius 2 is 1.09 bits per heavy atom. The van der Waals surface area contributed by atoms with Gasteiger partial charge in [0.15, 0.2) is 5.58 Å². The molecule has 0 bridgehead atoms. The van der Waals surface area contributed by atoms with Crippen LogP contribution < -0.4 is 0 Å². The van der Waals surface area contributed by atoms with Gasteiger partial charge in [-0.1, -0.05) is 109 Å². The third-order valence-corrected chi connectivity index (χ3v) is 11.3. The van der Waals surface area contributed by atoms with Crippen molar-refractivity contribution in [1.29, 1.82) is 0 Å². The molecule has 5 heteroatoms. The highest BCUT2D eigenvalue weighted by molar-refractivity contribution is 6.12. The first-order valence-corrected chi connectivity index (χ1v) is 18.4. The van der Waals surface area contributed by atoms with E-state index in [1.165, 1.54) is 49.4 Å². The molecule has 0 saturated heterocycles. The van der Waals surface area contributed by atoms with Gasteiger partial charge < -0.3 is 8.98 Å². The SMILES string of the molecule is c1ccc2c(c1)-c1ccccc1C2c1ccnc(-n2c3ccccc3c3ccc(-n4c5ccccc5c5ccc(-c6nc7ccccc7o6)cc54)cc32)c1. The lowest BCUT2D eigenvalue weighted by Gasteiger charge is -2.16. The molecule has 252 valence electrons. The summed E-state index contributed by atoms with van der Waals surface area (Å²) in [6, 6.07) is 60.7. The molecule has 0 unspecified atom stereocenters. The maximum absolute atomic E-state index is 6.23. The molecule has 0 spiro atoms. The second-order valence-electron chi connectivity index (χ2n) is 14.2. The van der Waals surface area contributed by atoms with Crippen LogP contribution >= 0.6 is 0 Å². The van der Waals surface area contributed by atoms with E-state index in [4.69, 9.17) is 14.4 Å². The second-order valence-corrected chi connectivity index (χ2v) is 14.2. The van der Waals surface area contributed by atoms with E-state index < -0.39 is 0 Å². The molecule has 0 atom stereocenters. The zero-order chi connectivity index (χ0) is 35.3. The molecular weight excluding hydrogens is 661 g/mol. The standard InChI is InChI=1S/C49H30N4O/c1-3-15-39-33(11-1)34-12-2-4-16-40(34)48(39)30-25-26-50-47(28-30)53-43-19-9-6-14-36(43)38-24-22-32(29-45(38)53)52-42-18-8-5-13-35(42)37-23-21-31(27-44(37)52)49-51-41-17-7-10-20-46(41)54-49/h1-29,48H. The molecular formula is C49H30N4O. The number of hydrogen-bond donors (Lipinski definition) is 0. The molecule has 0 saturated carbocycles. The minimum atomic E-state index is 0.135. The van der Waals surface area contributed by atoms with Crippen LogP contribution in [0, 0.1) is 0 Å². The van der Waals surface area contributed by atoms with Crippen molar-refractivity contribution in [3.63, 3.8) is 0 Å². The number of nitrogens with zero attached hydrogens (tertiary/aromatic N) is 4. The van der Waals surface area contributed by atoms with Crippen molar-refractivity contribution in [3.05, 3.63) is 193 Å². The van der Waals surface area contributed by atoms with Gasteiger partial charge in [0.05, 0.1) is 22.1 Å². The Kier molecular flexibility index (Phi) is 6.05. The molecule has 5 nitrogen and oxygen atoms in total. The lowest BCUT2D eigenvalue weighted by molar-refractivity contribution is 0.620. The van der Waals surface area contributed by atoms with Crippen LogP contribution in [0.1, 0.15) is 22.6 Å². The van der Waals surface area contributed by atoms with Crippen LogP contribution in [0.3, 0.4) is 0 Å². The van der Waals surface area contributed by atoms with Gasteiger partial charge in [0.1, 0.15) is 11.3 Å². The Hall–Kier alpha value is -7.24.